The second kappa shape index (κ2) is 15.0. The Morgan fingerprint density at radius 1 is 0.571 bits per heavy atom. The first-order valence-corrected chi connectivity index (χ1v) is 22.9. The van der Waals surface area contributed by atoms with Gasteiger partial charge in [0, 0.05) is 33.0 Å². The zero-order chi connectivity index (χ0) is 45.1. The molecule has 2 saturated heterocycles. The molecule has 2 aliphatic carbocycles. The summed E-state index contributed by atoms with van der Waals surface area (Å²) >= 11 is 0. The Labute approximate surface area is 367 Å². The summed E-state index contributed by atoms with van der Waals surface area (Å²) in [6.07, 6.45) is 5.12. The van der Waals surface area contributed by atoms with E-state index in [1.165, 1.54) is 23.3 Å². The Balaban J connectivity index is 0.000000167. The van der Waals surface area contributed by atoms with Gasteiger partial charge < -0.3 is 31.6 Å². The van der Waals surface area contributed by atoms with Gasteiger partial charge in [0.15, 0.2) is 0 Å². The van der Waals surface area contributed by atoms with Crippen LogP contribution in [0.3, 0.4) is 0 Å². The molecule has 0 atom stereocenters. The predicted octanol–water partition coefficient (Wildman–Crippen LogP) is 10.3. The van der Waals surface area contributed by atoms with E-state index in [0.717, 1.165) is 93.0 Å². The molecule has 2 fully saturated rings. The van der Waals surface area contributed by atoms with Crippen LogP contribution in [0, 0.1) is 6.92 Å². The minimum atomic E-state index is -5.70. The smallest absolute Gasteiger partial charge is 0.456 e. The molecule has 6 aromatic rings. The molecule has 0 N–H and O–H groups in total. The number of hydrogen-bond acceptors (Lipinski definition) is 9. The number of aryl methyl sites for hydroxylation is 5. The Hall–Kier alpha value is -4.53. The van der Waals surface area contributed by atoms with Crippen molar-refractivity contribution in [3.8, 4) is 28.4 Å². The van der Waals surface area contributed by atoms with Gasteiger partial charge in [-0.1, -0.05) is 42.0 Å². The molecule has 15 heteroatoms. The summed E-state index contributed by atoms with van der Waals surface area (Å²) in [5.41, 5.74) is 4.16. The molecule has 10 rings (SSSR count). The highest BCUT2D eigenvalue weighted by atomic mass is 32.2. The number of hydrogen-bond donors (Lipinski definition) is 0. The SMILES string of the molecule is CC1(C)OB(c2ccc3c(c2)CCCc2c-3oc3ccc(B4OC(C)(C)C(C)(C)O4)cc23)OC1(C)C.Cc1ccc2oc3c(c2c1)CCCc1cc(OS(=O)(=O)C(F)(F)F)ccc1-3. The number of fused-ring (bicyclic) bond motifs is 10. The summed E-state index contributed by atoms with van der Waals surface area (Å²) in [6, 6.07) is 22.9. The Morgan fingerprint density at radius 3 is 1.54 bits per heavy atom. The maximum Gasteiger partial charge on any atom is 0.534 e. The molecule has 0 radical (unpaired) electrons. The van der Waals surface area contributed by atoms with E-state index in [1.54, 1.807) is 6.07 Å². The first kappa shape index (κ1) is 43.7. The second-order valence-corrected chi connectivity index (χ2v) is 20.7. The average Bonchev–Trinajstić information content (AvgIpc) is 3.77. The molecular weight excluding hydrogens is 831 g/mol. The molecule has 0 unspecified atom stereocenters. The number of alkyl halides is 3. The van der Waals surface area contributed by atoms with Crippen molar-refractivity contribution in [3.63, 3.8) is 0 Å². The molecule has 0 amide bonds. The number of rotatable bonds is 4. The largest absolute Gasteiger partial charge is 0.534 e. The Morgan fingerprint density at radius 2 is 1.02 bits per heavy atom. The van der Waals surface area contributed by atoms with Crippen LogP contribution < -0.4 is 15.1 Å². The van der Waals surface area contributed by atoms with Gasteiger partial charge in [0.1, 0.15) is 28.4 Å². The normalized spacial score (nSPS) is 19.7. The third kappa shape index (κ3) is 7.71. The summed E-state index contributed by atoms with van der Waals surface area (Å²) in [7, 11) is -6.44. The molecular formula is C48H51B2F3O9S. The molecule has 0 saturated carbocycles. The van der Waals surface area contributed by atoms with Crippen molar-refractivity contribution in [2.75, 3.05) is 0 Å². The van der Waals surface area contributed by atoms with E-state index in [-0.39, 0.29) is 42.4 Å². The van der Waals surface area contributed by atoms with Gasteiger partial charge in [-0.2, -0.15) is 21.6 Å². The van der Waals surface area contributed by atoms with Crippen molar-refractivity contribution in [2.45, 2.75) is 129 Å². The maximum atomic E-state index is 12.5. The summed E-state index contributed by atoms with van der Waals surface area (Å²) in [4.78, 5) is 0. The first-order valence-electron chi connectivity index (χ1n) is 21.5. The molecule has 330 valence electrons. The summed E-state index contributed by atoms with van der Waals surface area (Å²) in [5.74, 6) is 1.29. The van der Waals surface area contributed by atoms with Crippen LogP contribution in [-0.2, 0) is 54.4 Å². The maximum absolute atomic E-state index is 12.5. The van der Waals surface area contributed by atoms with Crippen molar-refractivity contribution in [3.05, 3.63) is 101 Å². The third-order valence-corrected chi connectivity index (χ3v) is 14.7. The molecule has 63 heavy (non-hydrogen) atoms. The van der Waals surface area contributed by atoms with Gasteiger partial charge in [0.2, 0.25) is 0 Å². The third-order valence-electron chi connectivity index (χ3n) is 13.7. The van der Waals surface area contributed by atoms with Gasteiger partial charge in [-0.05, 0) is 159 Å². The minimum absolute atomic E-state index is 0.356. The first-order chi connectivity index (χ1) is 29.4. The van der Waals surface area contributed by atoms with Crippen LogP contribution in [-0.4, -0.2) is 50.6 Å². The number of furan rings is 2. The van der Waals surface area contributed by atoms with Gasteiger partial charge in [-0.25, -0.2) is 0 Å². The lowest BCUT2D eigenvalue weighted by Gasteiger charge is -2.32. The van der Waals surface area contributed by atoms with Crippen molar-refractivity contribution in [1.29, 1.82) is 0 Å². The molecule has 4 aliphatic rings. The van der Waals surface area contributed by atoms with Crippen molar-refractivity contribution < 1.29 is 53.2 Å². The van der Waals surface area contributed by atoms with E-state index >= 15 is 0 Å². The lowest BCUT2D eigenvalue weighted by Crippen LogP contribution is -2.41. The molecule has 2 aromatic heterocycles. The predicted molar refractivity (Wildman–Crippen MR) is 239 cm³/mol. The van der Waals surface area contributed by atoms with Crippen LogP contribution in [0.1, 0.15) is 96.0 Å². The van der Waals surface area contributed by atoms with Gasteiger partial charge in [0.25, 0.3) is 0 Å². The zero-order valence-electron chi connectivity index (χ0n) is 37.0. The van der Waals surface area contributed by atoms with Crippen LogP contribution in [0.25, 0.3) is 44.6 Å². The minimum Gasteiger partial charge on any atom is -0.456 e. The van der Waals surface area contributed by atoms with E-state index in [2.05, 4.69) is 102 Å². The summed E-state index contributed by atoms with van der Waals surface area (Å²) in [6.45, 7) is 18.7. The summed E-state index contributed by atoms with van der Waals surface area (Å²) < 4.78 is 102. The van der Waals surface area contributed by atoms with Crippen LogP contribution in [0.4, 0.5) is 13.2 Å². The van der Waals surface area contributed by atoms with Gasteiger partial charge in [-0.15, -0.1) is 0 Å². The Bertz CT molecular complexity index is 2860. The number of benzene rings is 4. The van der Waals surface area contributed by atoms with Crippen molar-refractivity contribution in [2.24, 2.45) is 0 Å². The van der Waals surface area contributed by atoms with Crippen molar-refractivity contribution >= 4 is 57.2 Å². The van der Waals surface area contributed by atoms with Gasteiger partial charge in [-0.3, -0.25) is 0 Å². The lowest BCUT2D eigenvalue weighted by molar-refractivity contribution is -0.0500. The highest BCUT2D eigenvalue weighted by molar-refractivity contribution is 7.88. The monoisotopic (exact) mass is 882 g/mol. The fourth-order valence-electron chi connectivity index (χ4n) is 8.79. The van der Waals surface area contributed by atoms with E-state index in [4.69, 9.17) is 27.5 Å². The highest BCUT2D eigenvalue weighted by Gasteiger charge is 2.53. The summed E-state index contributed by atoms with van der Waals surface area (Å²) in [5, 5.41) is 2.18. The molecule has 9 nitrogen and oxygen atoms in total. The van der Waals surface area contributed by atoms with Crippen LogP contribution >= 0.6 is 0 Å². The molecule has 0 spiro atoms. The quantitative estimate of drug-likeness (QED) is 0.0972. The van der Waals surface area contributed by atoms with Crippen molar-refractivity contribution in [1.82, 2.24) is 0 Å². The molecule has 4 heterocycles. The molecule has 4 aromatic carbocycles. The fourth-order valence-corrected chi connectivity index (χ4v) is 9.24. The van der Waals surface area contributed by atoms with E-state index in [0.29, 0.717) is 17.7 Å². The van der Waals surface area contributed by atoms with Gasteiger partial charge in [0.05, 0.1) is 22.4 Å². The topological polar surface area (TPSA) is 107 Å². The lowest BCUT2D eigenvalue weighted by atomic mass is 9.77. The van der Waals surface area contributed by atoms with E-state index in [1.807, 2.05) is 19.1 Å². The average molecular weight is 883 g/mol. The molecule has 0 bridgehead atoms. The number of halogens is 3. The zero-order valence-corrected chi connectivity index (χ0v) is 37.9. The second-order valence-electron chi connectivity index (χ2n) is 19.2. The van der Waals surface area contributed by atoms with Crippen LogP contribution in [0.15, 0.2) is 81.6 Å². The van der Waals surface area contributed by atoms with Crippen LogP contribution in [0.2, 0.25) is 0 Å². The Kier molecular flexibility index (Phi) is 10.4. The van der Waals surface area contributed by atoms with E-state index in [9.17, 15) is 21.6 Å². The van der Waals surface area contributed by atoms with E-state index < -0.39 is 15.6 Å². The highest BCUT2D eigenvalue weighted by Crippen LogP contribution is 2.43. The van der Waals surface area contributed by atoms with Crippen LogP contribution in [0.5, 0.6) is 5.75 Å². The fraction of sp³-hybridized carbons (Fsp3) is 0.417. The standard InChI is InChI=1S/C29H36B2O5.C19H15F3O4S/c1-26(2)27(3,4)34-30(33-26)19-12-14-21-18(16-19)10-9-11-22-23-17-20(13-15-24(23)32-25(21)22)31-35-28(5,6)29(7,8)36-31;1-11-5-8-17-16(9-11)15-4-2-3-12-10-13(6-7-14(12)18(15)25-17)26-27(23,24)19(20,21)22/h12-17H,9-11H2,1-8H3;5-10H,2-4H2,1H3. The van der Waals surface area contributed by atoms with Gasteiger partial charge >= 0.3 is 29.9 Å². The molecule has 2 aliphatic heterocycles.